The quantitative estimate of drug-likeness (QED) is 0.430. The fraction of sp³-hybridized carbons (Fsp3) is 0.286. The van der Waals surface area contributed by atoms with Crippen LogP contribution in [-0.4, -0.2) is 50.5 Å². The van der Waals surface area contributed by atoms with Gasteiger partial charge in [-0.05, 0) is 42.7 Å². The van der Waals surface area contributed by atoms with E-state index in [4.69, 9.17) is 0 Å². The van der Waals surface area contributed by atoms with Crippen molar-refractivity contribution in [2.45, 2.75) is 32.9 Å². The number of carbonyl (C=O) groups excluding carboxylic acids is 2. The summed E-state index contributed by atoms with van der Waals surface area (Å²) in [4.78, 5) is 28.6. The maximum Gasteiger partial charge on any atom is 0.244 e. The minimum Gasteiger partial charge on any atom is -0.355 e. The average Bonchev–Trinajstić information content (AvgIpc) is 2.85. The van der Waals surface area contributed by atoms with Crippen LogP contribution in [0.1, 0.15) is 23.6 Å². The van der Waals surface area contributed by atoms with Crippen LogP contribution in [0.5, 0.6) is 0 Å². The van der Waals surface area contributed by atoms with Crippen molar-refractivity contribution < 1.29 is 18.0 Å². The van der Waals surface area contributed by atoms with E-state index in [1.54, 1.807) is 18.2 Å². The molecule has 8 heteroatoms. The van der Waals surface area contributed by atoms with Crippen LogP contribution < -0.4 is 9.62 Å². The predicted octanol–water partition coefficient (Wildman–Crippen LogP) is 3.54. The molecule has 3 aromatic carbocycles. The highest BCUT2D eigenvalue weighted by Crippen LogP contribution is 2.21. The molecule has 0 aliphatic rings. The zero-order valence-corrected chi connectivity index (χ0v) is 21.7. The van der Waals surface area contributed by atoms with Crippen LogP contribution >= 0.6 is 0 Å². The lowest BCUT2D eigenvalue weighted by Crippen LogP contribution is -2.53. The van der Waals surface area contributed by atoms with Crippen LogP contribution in [0.25, 0.3) is 0 Å². The Hall–Kier alpha value is -3.65. The fourth-order valence-corrected chi connectivity index (χ4v) is 4.86. The van der Waals surface area contributed by atoms with Gasteiger partial charge in [-0.25, -0.2) is 8.42 Å². The standard InChI is InChI=1S/C28H33N3O4S/c1-4-29-28(33)26(19-23-13-7-5-8-14-23)30(20-24-15-9-6-10-16-24)27(32)21-31(36(3,34)35)25-17-11-12-22(2)18-25/h5-18,26H,4,19-21H2,1-3H3,(H,29,33). The van der Waals surface area contributed by atoms with Crippen molar-refractivity contribution in [3.05, 3.63) is 102 Å². The van der Waals surface area contributed by atoms with Gasteiger partial charge in [0.15, 0.2) is 0 Å². The van der Waals surface area contributed by atoms with E-state index in [-0.39, 0.29) is 12.5 Å². The molecule has 0 aliphatic carbocycles. The fourth-order valence-electron chi connectivity index (χ4n) is 4.02. The maximum atomic E-state index is 13.8. The number of sulfonamides is 1. The molecule has 0 radical (unpaired) electrons. The van der Waals surface area contributed by atoms with Crippen molar-refractivity contribution in [1.29, 1.82) is 0 Å². The SMILES string of the molecule is CCNC(=O)C(Cc1ccccc1)N(Cc1ccccc1)C(=O)CN(c1cccc(C)c1)S(C)(=O)=O. The smallest absolute Gasteiger partial charge is 0.244 e. The summed E-state index contributed by atoms with van der Waals surface area (Å²) >= 11 is 0. The summed E-state index contributed by atoms with van der Waals surface area (Å²) in [6.07, 6.45) is 1.38. The number of nitrogens with one attached hydrogen (secondary N) is 1. The van der Waals surface area contributed by atoms with Crippen molar-refractivity contribution in [3.8, 4) is 0 Å². The van der Waals surface area contributed by atoms with Crippen LogP contribution in [0.15, 0.2) is 84.9 Å². The van der Waals surface area contributed by atoms with Crippen molar-refractivity contribution in [2.24, 2.45) is 0 Å². The van der Waals surface area contributed by atoms with Crippen molar-refractivity contribution >= 4 is 27.5 Å². The predicted molar refractivity (Wildman–Crippen MR) is 143 cm³/mol. The lowest BCUT2D eigenvalue weighted by Gasteiger charge is -2.33. The van der Waals surface area contributed by atoms with Gasteiger partial charge in [0, 0.05) is 19.5 Å². The Morgan fingerprint density at radius 3 is 2.06 bits per heavy atom. The Labute approximate surface area is 213 Å². The van der Waals surface area contributed by atoms with Crippen molar-refractivity contribution in [1.82, 2.24) is 10.2 Å². The van der Waals surface area contributed by atoms with Gasteiger partial charge in [-0.1, -0.05) is 72.8 Å². The Balaban J connectivity index is 2.01. The number of amides is 2. The lowest BCUT2D eigenvalue weighted by molar-refractivity contribution is -0.140. The molecule has 1 atom stereocenters. The minimum absolute atomic E-state index is 0.166. The highest BCUT2D eigenvalue weighted by Gasteiger charge is 2.32. The molecule has 7 nitrogen and oxygen atoms in total. The third-order valence-corrected chi connectivity index (χ3v) is 6.93. The van der Waals surface area contributed by atoms with E-state index >= 15 is 0 Å². The minimum atomic E-state index is -3.77. The van der Waals surface area contributed by atoms with Gasteiger partial charge in [0.2, 0.25) is 21.8 Å². The molecule has 0 fully saturated rings. The van der Waals surface area contributed by atoms with Crippen LogP contribution in [0.4, 0.5) is 5.69 Å². The Morgan fingerprint density at radius 1 is 0.889 bits per heavy atom. The first-order valence-electron chi connectivity index (χ1n) is 11.9. The van der Waals surface area contributed by atoms with Crippen LogP contribution in [-0.2, 0) is 32.6 Å². The molecule has 1 unspecified atom stereocenters. The Kier molecular flexibility index (Phi) is 9.25. The number of hydrogen-bond donors (Lipinski definition) is 1. The molecule has 2 amide bonds. The highest BCUT2D eigenvalue weighted by molar-refractivity contribution is 7.92. The molecular weight excluding hydrogens is 474 g/mol. The first-order chi connectivity index (χ1) is 17.2. The molecule has 36 heavy (non-hydrogen) atoms. The number of likely N-dealkylation sites (N-methyl/N-ethyl adjacent to an activating group) is 1. The van der Waals surface area contributed by atoms with Crippen molar-refractivity contribution in [2.75, 3.05) is 23.7 Å². The monoisotopic (exact) mass is 507 g/mol. The summed E-state index contributed by atoms with van der Waals surface area (Å²) in [6.45, 7) is 3.85. The third-order valence-electron chi connectivity index (χ3n) is 5.79. The molecule has 0 spiro atoms. The molecule has 190 valence electrons. The number of carbonyl (C=O) groups is 2. The van der Waals surface area contributed by atoms with E-state index in [0.29, 0.717) is 18.7 Å². The highest BCUT2D eigenvalue weighted by atomic mass is 32.2. The summed E-state index contributed by atoms with van der Waals surface area (Å²) in [5.74, 6) is -0.745. The van der Waals surface area contributed by atoms with Crippen LogP contribution in [0.2, 0.25) is 0 Å². The van der Waals surface area contributed by atoms with Crippen molar-refractivity contribution in [3.63, 3.8) is 0 Å². The summed E-state index contributed by atoms with van der Waals surface area (Å²) in [5, 5.41) is 2.85. The second-order valence-electron chi connectivity index (χ2n) is 8.72. The third kappa shape index (κ3) is 7.42. The van der Waals surface area contributed by atoms with E-state index in [1.807, 2.05) is 80.6 Å². The van der Waals surface area contributed by atoms with Gasteiger partial charge in [0.25, 0.3) is 0 Å². The van der Waals surface area contributed by atoms with E-state index in [9.17, 15) is 18.0 Å². The Bertz CT molecular complexity index is 1260. The number of anilines is 1. The molecule has 0 aliphatic heterocycles. The van der Waals surface area contributed by atoms with Gasteiger partial charge >= 0.3 is 0 Å². The molecule has 0 bridgehead atoms. The van der Waals surface area contributed by atoms with Crippen LogP contribution in [0, 0.1) is 6.92 Å². The van der Waals surface area contributed by atoms with E-state index in [0.717, 1.165) is 27.3 Å². The van der Waals surface area contributed by atoms with Crippen LogP contribution in [0.3, 0.4) is 0 Å². The first kappa shape index (κ1) is 26.9. The largest absolute Gasteiger partial charge is 0.355 e. The summed E-state index contributed by atoms with van der Waals surface area (Å²) in [6, 6.07) is 25.0. The van der Waals surface area contributed by atoms with Gasteiger partial charge in [-0.15, -0.1) is 0 Å². The molecule has 1 N–H and O–H groups in total. The van der Waals surface area contributed by atoms with E-state index < -0.39 is 28.5 Å². The van der Waals surface area contributed by atoms with Gasteiger partial charge in [-0.2, -0.15) is 0 Å². The number of nitrogens with zero attached hydrogens (tertiary/aromatic N) is 2. The zero-order valence-electron chi connectivity index (χ0n) is 20.9. The Morgan fingerprint density at radius 2 is 1.50 bits per heavy atom. The second kappa shape index (κ2) is 12.4. The van der Waals surface area contributed by atoms with Gasteiger partial charge < -0.3 is 10.2 Å². The molecule has 0 saturated carbocycles. The van der Waals surface area contributed by atoms with Gasteiger partial charge in [0.1, 0.15) is 12.6 Å². The lowest BCUT2D eigenvalue weighted by atomic mass is 10.0. The zero-order chi connectivity index (χ0) is 26.1. The van der Waals surface area contributed by atoms with Gasteiger partial charge in [-0.3, -0.25) is 13.9 Å². The summed E-state index contributed by atoms with van der Waals surface area (Å²) < 4.78 is 26.6. The maximum absolute atomic E-state index is 13.8. The average molecular weight is 508 g/mol. The molecule has 0 heterocycles. The molecule has 3 aromatic rings. The molecule has 0 saturated heterocycles. The van der Waals surface area contributed by atoms with E-state index in [1.165, 1.54) is 4.90 Å². The topological polar surface area (TPSA) is 86.8 Å². The summed E-state index contributed by atoms with van der Waals surface area (Å²) in [7, 11) is -3.77. The number of aryl methyl sites for hydroxylation is 1. The van der Waals surface area contributed by atoms with Gasteiger partial charge in [0.05, 0.1) is 11.9 Å². The molecule has 3 rings (SSSR count). The number of benzene rings is 3. The summed E-state index contributed by atoms with van der Waals surface area (Å²) in [5.41, 5.74) is 3.02. The number of rotatable bonds is 11. The second-order valence-corrected chi connectivity index (χ2v) is 10.6. The first-order valence-corrected chi connectivity index (χ1v) is 13.7. The van der Waals surface area contributed by atoms with E-state index in [2.05, 4.69) is 5.32 Å². The number of hydrogen-bond acceptors (Lipinski definition) is 4. The normalized spacial score (nSPS) is 12.0. The molecule has 0 aromatic heterocycles. The molecular formula is C28H33N3O4S.